The standard InChI is InChI=1S/C13H19NO3/c1-2-3-7-14-8-10-9-16-12-6-4-5-11(15)13(12)17-10/h4-6,10,14-15H,2-3,7-9H2,1H3/t10-/m0/s1. The van der Waals surface area contributed by atoms with Crippen molar-refractivity contribution in [1.82, 2.24) is 5.32 Å². The van der Waals surface area contributed by atoms with Gasteiger partial charge in [0.05, 0.1) is 0 Å². The summed E-state index contributed by atoms with van der Waals surface area (Å²) in [6.45, 7) is 4.42. The SMILES string of the molecule is CCCCNC[C@H]1COc2cccc(O)c2O1. The van der Waals surface area contributed by atoms with Crippen molar-refractivity contribution in [3.05, 3.63) is 18.2 Å². The molecule has 1 aromatic carbocycles. The van der Waals surface area contributed by atoms with Crippen LogP contribution in [0.4, 0.5) is 0 Å². The van der Waals surface area contributed by atoms with Crippen molar-refractivity contribution in [2.45, 2.75) is 25.9 Å². The lowest BCUT2D eigenvalue weighted by atomic mass is 10.2. The van der Waals surface area contributed by atoms with E-state index in [0.29, 0.717) is 18.1 Å². The van der Waals surface area contributed by atoms with Gasteiger partial charge in [0.25, 0.3) is 0 Å². The van der Waals surface area contributed by atoms with Gasteiger partial charge in [-0.3, -0.25) is 0 Å². The van der Waals surface area contributed by atoms with E-state index < -0.39 is 0 Å². The van der Waals surface area contributed by atoms with E-state index in [0.717, 1.165) is 19.5 Å². The average molecular weight is 237 g/mol. The van der Waals surface area contributed by atoms with E-state index >= 15 is 0 Å². The van der Waals surface area contributed by atoms with E-state index in [1.807, 2.05) is 0 Å². The molecular formula is C13H19NO3. The Morgan fingerprint density at radius 2 is 2.35 bits per heavy atom. The topological polar surface area (TPSA) is 50.7 Å². The molecule has 1 aliphatic heterocycles. The first-order valence-corrected chi connectivity index (χ1v) is 6.13. The molecule has 4 heteroatoms. The second-order valence-corrected chi connectivity index (χ2v) is 4.21. The van der Waals surface area contributed by atoms with Gasteiger partial charge in [0.15, 0.2) is 11.5 Å². The summed E-state index contributed by atoms with van der Waals surface area (Å²) in [5.74, 6) is 1.22. The molecule has 1 atom stereocenters. The highest BCUT2D eigenvalue weighted by Gasteiger charge is 2.22. The van der Waals surface area contributed by atoms with E-state index in [1.165, 1.54) is 6.42 Å². The molecule has 0 saturated carbocycles. The van der Waals surface area contributed by atoms with Gasteiger partial charge in [0, 0.05) is 6.54 Å². The van der Waals surface area contributed by atoms with Gasteiger partial charge in [-0.25, -0.2) is 0 Å². The minimum absolute atomic E-state index is 0.0346. The molecule has 2 rings (SSSR count). The van der Waals surface area contributed by atoms with E-state index in [4.69, 9.17) is 9.47 Å². The maximum Gasteiger partial charge on any atom is 0.203 e. The van der Waals surface area contributed by atoms with Crippen LogP contribution in [-0.2, 0) is 0 Å². The van der Waals surface area contributed by atoms with Crippen LogP contribution in [0.15, 0.2) is 18.2 Å². The predicted molar refractivity (Wildman–Crippen MR) is 65.8 cm³/mol. The Hall–Kier alpha value is -1.42. The van der Waals surface area contributed by atoms with Crippen LogP contribution in [0.5, 0.6) is 17.2 Å². The molecule has 0 radical (unpaired) electrons. The fraction of sp³-hybridized carbons (Fsp3) is 0.538. The van der Waals surface area contributed by atoms with Crippen LogP contribution in [0.2, 0.25) is 0 Å². The van der Waals surface area contributed by atoms with Crippen molar-refractivity contribution in [3.8, 4) is 17.2 Å². The summed E-state index contributed by atoms with van der Waals surface area (Å²) in [6.07, 6.45) is 2.31. The number of para-hydroxylation sites is 1. The Morgan fingerprint density at radius 3 is 3.18 bits per heavy atom. The largest absolute Gasteiger partial charge is 0.504 e. The van der Waals surface area contributed by atoms with Crippen LogP contribution in [0.1, 0.15) is 19.8 Å². The Morgan fingerprint density at radius 1 is 1.47 bits per heavy atom. The van der Waals surface area contributed by atoms with Crippen molar-refractivity contribution in [1.29, 1.82) is 0 Å². The highest BCUT2D eigenvalue weighted by Crippen LogP contribution is 2.39. The number of rotatable bonds is 5. The number of aromatic hydroxyl groups is 1. The van der Waals surface area contributed by atoms with Gasteiger partial charge in [0.1, 0.15) is 12.7 Å². The second-order valence-electron chi connectivity index (χ2n) is 4.21. The summed E-state index contributed by atoms with van der Waals surface area (Å²) in [7, 11) is 0. The monoisotopic (exact) mass is 237 g/mol. The van der Waals surface area contributed by atoms with Crippen molar-refractivity contribution in [2.24, 2.45) is 0 Å². The summed E-state index contributed by atoms with van der Waals surface area (Å²) in [6, 6.07) is 5.15. The molecule has 0 bridgehead atoms. The Kier molecular flexibility index (Phi) is 4.09. The number of hydrogen-bond donors (Lipinski definition) is 2. The smallest absolute Gasteiger partial charge is 0.203 e. The van der Waals surface area contributed by atoms with Crippen LogP contribution in [0.3, 0.4) is 0 Å². The van der Waals surface area contributed by atoms with Gasteiger partial charge in [-0.15, -0.1) is 0 Å². The third kappa shape index (κ3) is 3.03. The quantitative estimate of drug-likeness (QED) is 0.768. The normalized spacial score (nSPS) is 18.1. The summed E-state index contributed by atoms with van der Waals surface area (Å²) < 4.78 is 11.3. The zero-order valence-electron chi connectivity index (χ0n) is 10.1. The molecule has 0 saturated heterocycles. The minimum atomic E-state index is -0.0346. The van der Waals surface area contributed by atoms with Crippen molar-refractivity contribution in [2.75, 3.05) is 19.7 Å². The zero-order valence-corrected chi connectivity index (χ0v) is 10.1. The molecule has 4 nitrogen and oxygen atoms in total. The lowest BCUT2D eigenvalue weighted by molar-refractivity contribution is 0.0867. The number of hydrogen-bond acceptors (Lipinski definition) is 4. The maximum atomic E-state index is 9.66. The number of phenols is 1. The highest BCUT2D eigenvalue weighted by molar-refractivity contribution is 5.51. The zero-order chi connectivity index (χ0) is 12.1. The van der Waals surface area contributed by atoms with E-state index in [1.54, 1.807) is 18.2 Å². The third-order valence-electron chi connectivity index (χ3n) is 2.75. The summed E-state index contributed by atoms with van der Waals surface area (Å²) >= 11 is 0. The Labute approximate surface area is 102 Å². The van der Waals surface area contributed by atoms with Gasteiger partial charge in [-0.05, 0) is 25.1 Å². The molecule has 0 spiro atoms. The van der Waals surface area contributed by atoms with Crippen LogP contribution in [0, 0.1) is 0 Å². The first-order valence-electron chi connectivity index (χ1n) is 6.13. The van der Waals surface area contributed by atoms with Crippen LogP contribution >= 0.6 is 0 Å². The third-order valence-corrected chi connectivity index (χ3v) is 2.75. The Balaban J connectivity index is 1.87. The average Bonchev–Trinajstić information content (AvgIpc) is 2.36. The fourth-order valence-corrected chi connectivity index (χ4v) is 1.79. The van der Waals surface area contributed by atoms with Gasteiger partial charge < -0.3 is 19.9 Å². The van der Waals surface area contributed by atoms with Crippen molar-refractivity contribution >= 4 is 0 Å². The summed E-state index contributed by atoms with van der Waals surface area (Å²) in [5.41, 5.74) is 0. The van der Waals surface area contributed by atoms with Crippen LogP contribution < -0.4 is 14.8 Å². The van der Waals surface area contributed by atoms with Gasteiger partial charge in [0.2, 0.25) is 5.75 Å². The summed E-state index contributed by atoms with van der Waals surface area (Å²) in [4.78, 5) is 0. The molecule has 17 heavy (non-hydrogen) atoms. The minimum Gasteiger partial charge on any atom is -0.504 e. The number of ether oxygens (including phenoxy) is 2. The molecular weight excluding hydrogens is 218 g/mol. The van der Waals surface area contributed by atoms with Crippen molar-refractivity contribution in [3.63, 3.8) is 0 Å². The highest BCUT2D eigenvalue weighted by atomic mass is 16.6. The first kappa shape index (κ1) is 12.0. The lowest BCUT2D eigenvalue weighted by Crippen LogP contribution is -2.38. The van der Waals surface area contributed by atoms with E-state index in [2.05, 4.69) is 12.2 Å². The van der Waals surface area contributed by atoms with Gasteiger partial charge in [-0.1, -0.05) is 19.4 Å². The molecule has 0 amide bonds. The van der Waals surface area contributed by atoms with Gasteiger partial charge in [-0.2, -0.15) is 0 Å². The molecule has 1 aromatic rings. The fourth-order valence-electron chi connectivity index (χ4n) is 1.79. The van der Waals surface area contributed by atoms with Crippen LogP contribution in [0.25, 0.3) is 0 Å². The number of fused-ring (bicyclic) bond motifs is 1. The molecule has 94 valence electrons. The molecule has 0 unspecified atom stereocenters. The summed E-state index contributed by atoms with van der Waals surface area (Å²) in [5, 5.41) is 13.0. The molecule has 0 aromatic heterocycles. The number of nitrogens with one attached hydrogen (secondary N) is 1. The number of phenolic OH excluding ortho intramolecular Hbond substituents is 1. The van der Waals surface area contributed by atoms with Crippen molar-refractivity contribution < 1.29 is 14.6 Å². The predicted octanol–water partition coefficient (Wildman–Crippen LogP) is 1.92. The maximum absolute atomic E-state index is 9.66. The first-order chi connectivity index (χ1) is 8.31. The van der Waals surface area contributed by atoms with E-state index in [-0.39, 0.29) is 11.9 Å². The lowest BCUT2D eigenvalue weighted by Gasteiger charge is -2.27. The molecule has 0 fully saturated rings. The van der Waals surface area contributed by atoms with E-state index in [9.17, 15) is 5.11 Å². The Bertz CT molecular complexity index is 368. The molecule has 0 aliphatic carbocycles. The number of benzene rings is 1. The second kappa shape index (κ2) is 5.77. The molecule has 1 heterocycles. The number of unbranched alkanes of at least 4 members (excludes halogenated alkanes) is 1. The molecule has 2 N–H and O–H groups in total. The molecule has 1 aliphatic rings. The van der Waals surface area contributed by atoms with Crippen LogP contribution in [-0.4, -0.2) is 30.9 Å². The van der Waals surface area contributed by atoms with Gasteiger partial charge >= 0.3 is 0 Å².